The molecule has 0 amide bonds. The Bertz CT molecular complexity index is 1100. The SMILES string of the molecule is COc1ccc(S(=O)(=O)Nc2cc(Cl)c3oc(C)c(C(C)=O)c3c2)cc1. The van der Waals surface area contributed by atoms with Crippen LogP contribution in [0.4, 0.5) is 5.69 Å². The number of anilines is 1. The first-order chi connectivity index (χ1) is 12.2. The highest BCUT2D eigenvalue weighted by molar-refractivity contribution is 7.92. The second-order valence-corrected chi connectivity index (χ2v) is 7.79. The van der Waals surface area contributed by atoms with Crippen molar-refractivity contribution in [2.45, 2.75) is 18.7 Å². The number of methoxy groups -OCH3 is 1. The predicted octanol–water partition coefficient (Wildman–Crippen LogP) is 4.41. The first-order valence-corrected chi connectivity index (χ1v) is 9.49. The van der Waals surface area contributed by atoms with Crippen LogP contribution in [0.3, 0.4) is 0 Å². The predicted molar refractivity (Wildman–Crippen MR) is 99.8 cm³/mol. The van der Waals surface area contributed by atoms with Crippen molar-refractivity contribution in [2.24, 2.45) is 0 Å². The van der Waals surface area contributed by atoms with Crippen LogP contribution in [0.25, 0.3) is 11.0 Å². The van der Waals surface area contributed by atoms with Crippen LogP contribution in [0.1, 0.15) is 23.0 Å². The van der Waals surface area contributed by atoms with Gasteiger partial charge in [0.2, 0.25) is 0 Å². The molecule has 0 atom stereocenters. The Kier molecular flexibility index (Phi) is 4.68. The second-order valence-electron chi connectivity index (χ2n) is 5.71. The van der Waals surface area contributed by atoms with E-state index in [-0.39, 0.29) is 21.4 Å². The van der Waals surface area contributed by atoms with E-state index in [4.69, 9.17) is 20.8 Å². The standard InChI is InChI=1S/C18H16ClNO5S/c1-10(21)17-11(2)25-18-15(17)8-12(9-16(18)19)20-26(22,23)14-6-4-13(24-3)5-7-14/h4-9,20H,1-3H3. The summed E-state index contributed by atoms with van der Waals surface area (Å²) >= 11 is 6.21. The van der Waals surface area contributed by atoms with Gasteiger partial charge in [-0.1, -0.05) is 11.6 Å². The molecule has 1 aromatic heterocycles. The van der Waals surface area contributed by atoms with Crippen LogP contribution in [0.5, 0.6) is 5.75 Å². The van der Waals surface area contributed by atoms with Crippen LogP contribution >= 0.6 is 11.6 Å². The number of fused-ring (bicyclic) bond motifs is 1. The number of hydrogen-bond acceptors (Lipinski definition) is 5. The van der Waals surface area contributed by atoms with Crippen LogP contribution in [-0.4, -0.2) is 21.3 Å². The first kappa shape index (κ1) is 18.3. The Morgan fingerprint density at radius 3 is 2.42 bits per heavy atom. The molecule has 136 valence electrons. The molecule has 0 bridgehead atoms. The molecule has 3 aromatic rings. The van der Waals surface area contributed by atoms with Crippen LogP contribution in [-0.2, 0) is 10.0 Å². The molecule has 0 aliphatic rings. The topological polar surface area (TPSA) is 85.6 Å². The number of sulfonamides is 1. The van der Waals surface area contributed by atoms with Crippen LogP contribution < -0.4 is 9.46 Å². The van der Waals surface area contributed by atoms with Crippen molar-refractivity contribution in [2.75, 3.05) is 11.8 Å². The van der Waals surface area contributed by atoms with E-state index >= 15 is 0 Å². The molecular formula is C18H16ClNO5S. The van der Waals surface area contributed by atoms with E-state index in [0.29, 0.717) is 28.0 Å². The summed E-state index contributed by atoms with van der Waals surface area (Å²) in [5, 5.41) is 0.681. The smallest absolute Gasteiger partial charge is 0.261 e. The van der Waals surface area contributed by atoms with Gasteiger partial charge < -0.3 is 9.15 Å². The summed E-state index contributed by atoms with van der Waals surface area (Å²) < 4.78 is 38.2. The van der Waals surface area contributed by atoms with Gasteiger partial charge in [-0.25, -0.2) is 8.42 Å². The third kappa shape index (κ3) is 3.27. The highest BCUT2D eigenvalue weighted by Crippen LogP contribution is 2.35. The van der Waals surface area contributed by atoms with E-state index < -0.39 is 10.0 Å². The van der Waals surface area contributed by atoms with Gasteiger partial charge in [-0.3, -0.25) is 9.52 Å². The number of nitrogens with one attached hydrogen (secondary N) is 1. The Labute approximate surface area is 155 Å². The van der Waals surface area contributed by atoms with Crippen molar-refractivity contribution < 1.29 is 22.4 Å². The summed E-state index contributed by atoms with van der Waals surface area (Å²) in [6.45, 7) is 3.08. The number of carbonyl (C=O) groups is 1. The fraction of sp³-hybridized carbons (Fsp3) is 0.167. The molecule has 0 saturated carbocycles. The molecular weight excluding hydrogens is 378 g/mol. The van der Waals surface area contributed by atoms with Crippen LogP contribution in [0.15, 0.2) is 45.7 Å². The van der Waals surface area contributed by atoms with Crippen molar-refractivity contribution in [3.63, 3.8) is 0 Å². The molecule has 6 nitrogen and oxygen atoms in total. The maximum absolute atomic E-state index is 12.6. The Balaban J connectivity index is 2.05. The van der Waals surface area contributed by atoms with E-state index in [0.717, 1.165) is 0 Å². The number of carbonyl (C=O) groups excluding carboxylic acids is 1. The van der Waals surface area contributed by atoms with Gasteiger partial charge in [-0.15, -0.1) is 0 Å². The lowest BCUT2D eigenvalue weighted by Crippen LogP contribution is -2.12. The first-order valence-electron chi connectivity index (χ1n) is 7.63. The molecule has 0 fully saturated rings. The molecule has 0 unspecified atom stereocenters. The number of halogens is 1. The lowest BCUT2D eigenvalue weighted by Gasteiger charge is -2.09. The summed E-state index contributed by atoms with van der Waals surface area (Å²) in [6.07, 6.45) is 0. The normalized spacial score (nSPS) is 11.5. The summed E-state index contributed by atoms with van der Waals surface area (Å²) in [5.74, 6) is 0.797. The largest absolute Gasteiger partial charge is 0.497 e. The monoisotopic (exact) mass is 393 g/mol. The van der Waals surface area contributed by atoms with E-state index in [1.807, 2.05) is 0 Å². The molecule has 2 aromatic carbocycles. The summed E-state index contributed by atoms with van der Waals surface area (Å²) in [5.41, 5.74) is 0.968. The van der Waals surface area contributed by atoms with Gasteiger partial charge >= 0.3 is 0 Å². The van der Waals surface area contributed by atoms with Crippen LogP contribution in [0, 0.1) is 6.92 Å². The summed E-state index contributed by atoms with van der Waals surface area (Å²) in [4.78, 5) is 12.0. The Morgan fingerprint density at radius 1 is 1.19 bits per heavy atom. The van der Waals surface area contributed by atoms with E-state index in [1.165, 1.54) is 38.3 Å². The van der Waals surface area contributed by atoms with Crippen LogP contribution in [0.2, 0.25) is 5.02 Å². The molecule has 26 heavy (non-hydrogen) atoms. The number of rotatable bonds is 5. The lowest BCUT2D eigenvalue weighted by molar-refractivity contribution is 0.101. The lowest BCUT2D eigenvalue weighted by atomic mass is 10.1. The average molecular weight is 394 g/mol. The molecule has 0 aliphatic heterocycles. The minimum atomic E-state index is -3.83. The van der Waals surface area contributed by atoms with Crippen molar-refractivity contribution in [1.29, 1.82) is 0 Å². The van der Waals surface area contributed by atoms with Crippen molar-refractivity contribution >= 4 is 44.1 Å². The fourth-order valence-corrected chi connectivity index (χ4v) is 4.04. The summed E-state index contributed by atoms with van der Waals surface area (Å²) in [7, 11) is -2.33. The van der Waals surface area contributed by atoms with Crippen molar-refractivity contribution in [3.8, 4) is 5.75 Å². The van der Waals surface area contributed by atoms with Gasteiger partial charge in [0.25, 0.3) is 10.0 Å². The number of benzene rings is 2. The zero-order valence-corrected chi connectivity index (χ0v) is 15.9. The molecule has 1 heterocycles. The van der Waals surface area contributed by atoms with Crippen molar-refractivity contribution in [3.05, 3.63) is 52.7 Å². The van der Waals surface area contributed by atoms with Gasteiger partial charge in [-0.2, -0.15) is 0 Å². The number of ether oxygens (including phenoxy) is 1. The van der Waals surface area contributed by atoms with Gasteiger partial charge in [0.15, 0.2) is 11.4 Å². The maximum atomic E-state index is 12.6. The number of ketones is 1. The van der Waals surface area contributed by atoms with E-state index in [2.05, 4.69) is 4.72 Å². The Morgan fingerprint density at radius 2 is 1.85 bits per heavy atom. The fourth-order valence-electron chi connectivity index (χ4n) is 2.74. The zero-order chi connectivity index (χ0) is 19.1. The number of furan rings is 1. The minimum Gasteiger partial charge on any atom is -0.497 e. The third-order valence-electron chi connectivity index (χ3n) is 3.89. The molecule has 0 spiro atoms. The molecule has 0 radical (unpaired) electrons. The zero-order valence-electron chi connectivity index (χ0n) is 14.3. The Hall–Kier alpha value is -2.51. The number of hydrogen-bond donors (Lipinski definition) is 1. The average Bonchev–Trinajstić information content (AvgIpc) is 2.91. The van der Waals surface area contributed by atoms with Gasteiger partial charge in [-0.05, 0) is 50.2 Å². The molecule has 3 rings (SSSR count). The maximum Gasteiger partial charge on any atom is 0.261 e. The highest BCUT2D eigenvalue weighted by Gasteiger charge is 2.20. The van der Waals surface area contributed by atoms with E-state index in [1.54, 1.807) is 19.1 Å². The number of Topliss-reactive ketones (excluding diaryl/α,β-unsaturated/α-hetero) is 1. The summed E-state index contributed by atoms with van der Waals surface area (Å²) in [6, 6.07) is 8.96. The third-order valence-corrected chi connectivity index (χ3v) is 5.57. The molecule has 0 aliphatic carbocycles. The second kappa shape index (κ2) is 6.66. The molecule has 1 N–H and O–H groups in total. The van der Waals surface area contributed by atoms with E-state index in [9.17, 15) is 13.2 Å². The quantitative estimate of drug-likeness (QED) is 0.649. The van der Waals surface area contributed by atoms with Crippen molar-refractivity contribution in [1.82, 2.24) is 0 Å². The van der Waals surface area contributed by atoms with Gasteiger partial charge in [0.1, 0.15) is 11.5 Å². The molecule has 8 heteroatoms. The van der Waals surface area contributed by atoms with Gasteiger partial charge in [0.05, 0.1) is 28.3 Å². The minimum absolute atomic E-state index is 0.0738. The molecule has 0 saturated heterocycles. The number of aryl methyl sites for hydroxylation is 1. The highest BCUT2D eigenvalue weighted by atomic mass is 35.5. The van der Waals surface area contributed by atoms with Gasteiger partial charge in [0, 0.05) is 5.39 Å².